The van der Waals surface area contributed by atoms with Gasteiger partial charge in [0, 0.05) is 9.79 Å². The van der Waals surface area contributed by atoms with Crippen LogP contribution >= 0.6 is 11.8 Å². The summed E-state index contributed by atoms with van der Waals surface area (Å²) < 4.78 is 18.0. The minimum Gasteiger partial charge on any atom is -0.497 e. The van der Waals surface area contributed by atoms with Gasteiger partial charge in [0.2, 0.25) is 0 Å². The summed E-state index contributed by atoms with van der Waals surface area (Å²) in [4.78, 5) is 1.96. The number of halogens is 1. The van der Waals surface area contributed by atoms with Crippen molar-refractivity contribution in [2.24, 2.45) is 0 Å². The van der Waals surface area contributed by atoms with E-state index in [1.165, 1.54) is 23.9 Å². The van der Waals surface area contributed by atoms with Crippen molar-refractivity contribution in [2.45, 2.75) is 9.79 Å². The zero-order chi connectivity index (χ0) is 11.4. The molecule has 2 aromatic carbocycles. The van der Waals surface area contributed by atoms with Crippen LogP contribution in [-0.2, 0) is 0 Å². The molecule has 0 saturated carbocycles. The molecule has 0 saturated heterocycles. The van der Waals surface area contributed by atoms with Gasteiger partial charge in [-0.2, -0.15) is 0 Å². The molecule has 0 atom stereocenters. The fourth-order valence-electron chi connectivity index (χ4n) is 1.31. The standard InChI is InChI=1S/C13H11FOS/c1-15-11-5-7-12(8-6-11)16-13-4-2-3-10(14)9-13/h2-9H,1H3. The molecule has 16 heavy (non-hydrogen) atoms. The molecule has 1 nitrogen and oxygen atoms in total. The minimum atomic E-state index is -0.210. The van der Waals surface area contributed by atoms with E-state index < -0.39 is 0 Å². The fraction of sp³-hybridized carbons (Fsp3) is 0.0769. The van der Waals surface area contributed by atoms with Gasteiger partial charge in [0.25, 0.3) is 0 Å². The Balaban J connectivity index is 2.14. The molecule has 2 aromatic rings. The average Bonchev–Trinajstić information content (AvgIpc) is 2.30. The van der Waals surface area contributed by atoms with Crippen LogP contribution in [0.4, 0.5) is 4.39 Å². The highest BCUT2D eigenvalue weighted by atomic mass is 32.2. The first kappa shape index (κ1) is 11.0. The van der Waals surface area contributed by atoms with Crippen molar-refractivity contribution in [2.75, 3.05) is 7.11 Å². The van der Waals surface area contributed by atoms with Crippen LogP contribution in [0.1, 0.15) is 0 Å². The first-order chi connectivity index (χ1) is 7.78. The monoisotopic (exact) mass is 234 g/mol. The van der Waals surface area contributed by atoms with Crippen molar-refractivity contribution < 1.29 is 9.13 Å². The highest BCUT2D eigenvalue weighted by Gasteiger charge is 1.99. The number of rotatable bonds is 3. The quantitative estimate of drug-likeness (QED) is 0.794. The van der Waals surface area contributed by atoms with Gasteiger partial charge in [0.15, 0.2) is 0 Å². The lowest BCUT2D eigenvalue weighted by molar-refractivity contribution is 0.414. The maximum absolute atomic E-state index is 13.0. The van der Waals surface area contributed by atoms with E-state index in [1.54, 1.807) is 13.2 Å². The van der Waals surface area contributed by atoms with E-state index in [0.717, 1.165) is 15.5 Å². The lowest BCUT2D eigenvalue weighted by Crippen LogP contribution is -1.81. The molecule has 0 aliphatic rings. The number of methoxy groups -OCH3 is 1. The molecular formula is C13H11FOS. The van der Waals surface area contributed by atoms with E-state index in [-0.39, 0.29) is 5.82 Å². The Bertz CT molecular complexity index is 468. The van der Waals surface area contributed by atoms with Crippen molar-refractivity contribution in [1.29, 1.82) is 0 Å². The molecule has 0 aliphatic carbocycles. The van der Waals surface area contributed by atoms with E-state index in [1.807, 2.05) is 30.3 Å². The Hall–Kier alpha value is -1.48. The van der Waals surface area contributed by atoms with E-state index >= 15 is 0 Å². The van der Waals surface area contributed by atoms with Gasteiger partial charge in [-0.3, -0.25) is 0 Å². The minimum absolute atomic E-state index is 0.210. The van der Waals surface area contributed by atoms with Crippen LogP contribution in [0.5, 0.6) is 5.75 Å². The second kappa shape index (κ2) is 5.03. The van der Waals surface area contributed by atoms with E-state index in [4.69, 9.17) is 4.74 Å². The topological polar surface area (TPSA) is 9.23 Å². The molecule has 0 radical (unpaired) electrons. The maximum atomic E-state index is 13.0. The van der Waals surface area contributed by atoms with Crippen molar-refractivity contribution >= 4 is 11.8 Å². The van der Waals surface area contributed by atoms with E-state index in [0.29, 0.717) is 0 Å². The highest BCUT2D eigenvalue weighted by Crippen LogP contribution is 2.29. The summed E-state index contributed by atoms with van der Waals surface area (Å²) in [6, 6.07) is 14.2. The Labute approximate surface area is 98.3 Å². The van der Waals surface area contributed by atoms with Crippen LogP contribution in [0.15, 0.2) is 58.3 Å². The molecule has 0 N–H and O–H groups in total. The number of hydrogen-bond acceptors (Lipinski definition) is 2. The third kappa shape index (κ3) is 2.76. The molecule has 0 aromatic heterocycles. The Kier molecular flexibility index (Phi) is 3.47. The lowest BCUT2D eigenvalue weighted by atomic mass is 10.3. The fourth-order valence-corrected chi connectivity index (χ4v) is 2.17. The molecule has 82 valence electrons. The smallest absolute Gasteiger partial charge is 0.124 e. The number of ether oxygens (including phenoxy) is 1. The molecular weight excluding hydrogens is 223 g/mol. The Morgan fingerprint density at radius 3 is 2.38 bits per heavy atom. The summed E-state index contributed by atoms with van der Waals surface area (Å²) in [6.07, 6.45) is 0. The molecule has 0 spiro atoms. The van der Waals surface area contributed by atoms with E-state index in [2.05, 4.69) is 0 Å². The van der Waals surface area contributed by atoms with Gasteiger partial charge < -0.3 is 4.74 Å². The van der Waals surface area contributed by atoms with Gasteiger partial charge in [0.05, 0.1) is 7.11 Å². The molecule has 2 rings (SSSR count). The summed E-state index contributed by atoms with van der Waals surface area (Å²) in [5.74, 6) is 0.613. The third-order valence-corrected chi connectivity index (χ3v) is 3.09. The van der Waals surface area contributed by atoms with Gasteiger partial charge >= 0.3 is 0 Å². The molecule has 0 unspecified atom stereocenters. The van der Waals surface area contributed by atoms with Crippen molar-refractivity contribution in [1.82, 2.24) is 0 Å². The largest absolute Gasteiger partial charge is 0.497 e. The second-order valence-corrected chi connectivity index (χ2v) is 4.38. The van der Waals surface area contributed by atoms with Crippen LogP contribution < -0.4 is 4.74 Å². The normalized spacial score (nSPS) is 10.1. The summed E-state index contributed by atoms with van der Waals surface area (Å²) >= 11 is 1.53. The predicted octanol–water partition coefficient (Wildman–Crippen LogP) is 3.99. The summed E-state index contributed by atoms with van der Waals surface area (Å²) in [5.41, 5.74) is 0. The zero-order valence-electron chi connectivity index (χ0n) is 8.81. The van der Waals surface area contributed by atoms with Gasteiger partial charge in [-0.25, -0.2) is 4.39 Å². The van der Waals surface area contributed by atoms with Crippen LogP contribution in [0.25, 0.3) is 0 Å². The van der Waals surface area contributed by atoms with Crippen molar-refractivity contribution in [3.8, 4) is 5.75 Å². The maximum Gasteiger partial charge on any atom is 0.124 e. The zero-order valence-corrected chi connectivity index (χ0v) is 9.63. The molecule has 0 fully saturated rings. The summed E-state index contributed by atoms with van der Waals surface area (Å²) in [5, 5.41) is 0. The van der Waals surface area contributed by atoms with Gasteiger partial charge in [-0.05, 0) is 42.5 Å². The lowest BCUT2D eigenvalue weighted by Gasteiger charge is -2.03. The molecule has 0 bridgehead atoms. The van der Waals surface area contributed by atoms with Crippen LogP contribution in [0.2, 0.25) is 0 Å². The van der Waals surface area contributed by atoms with Gasteiger partial charge in [0.1, 0.15) is 11.6 Å². The highest BCUT2D eigenvalue weighted by molar-refractivity contribution is 7.99. The Morgan fingerprint density at radius 1 is 1.00 bits per heavy atom. The van der Waals surface area contributed by atoms with Crippen LogP contribution in [0.3, 0.4) is 0 Å². The Morgan fingerprint density at radius 2 is 1.75 bits per heavy atom. The molecule has 0 amide bonds. The number of benzene rings is 2. The van der Waals surface area contributed by atoms with E-state index in [9.17, 15) is 4.39 Å². The average molecular weight is 234 g/mol. The van der Waals surface area contributed by atoms with Crippen molar-refractivity contribution in [3.63, 3.8) is 0 Å². The second-order valence-electron chi connectivity index (χ2n) is 3.23. The molecule has 0 heterocycles. The summed E-state index contributed by atoms with van der Waals surface area (Å²) in [6.45, 7) is 0. The first-order valence-electron chi connectivity index (χ1n) is 4.85. The predicted molar refractivity (Wildman–Crippen MR) is 63.5 cm³/mol. The SMILES string of the molecule is COc1ccc(Sc2cccc(F)c2)cc1. The first-order valence-corrected chi connectivity index (χ1v) is 5.67. The third-order valence-electron chi connectivity index (χ3n) is 2.09. The van der Waals surface area contributed by atoms with Gasteiger partial charge in [-0.1, -0.05) is 17.8 Å². The van der Waals surface area contributed by atoms with Crippen LogP contribution in [0, 0.1) is 5.82 Å². The summed E-state index contributed by atoms with van der Waals surface area (Å²) in [7, 11) is 1.63. The van der Waals surface area contributed by atoms with Crippen molar-refractivity contribution in [3.05, 3.63) is 54.3 Å². The molecule has 0 aliphatic heterocycles. The molecule has 3 heteroatoms. The van der Waals surface area contributed by atoms with Crippen LogP contribution in [-0.4, -0.2) is 7.11 Å². The van der Waals surface area contributed by atoms with Gasteiger partial charge in [-0.15, -0.1) is 0 Å². The number of hydrogen-bond donors (Lipinski definition) is 0.